The van der Waals surface area contributed by atoms with Gasteiger partial charge in [-0.2, -0.15) is 0 Å². The van der Waals surface area contributed by atoms with Crippen LogP contribution in [-0.2, 0) is 9.59 Å². The van der Waals surface area contributed by atoms with Crippen LogP contribution in [0.3, 0.4) is 0 Å². The average Bonchev–Trinajstić information content (AvgIpc) is 3.21. The van der Waals surface area contributed by atoms with E-state index in [9.17, 15) is 9.59 Å². The molecular weight excluding hydrogens is 284 g/mol. The maximum atomic E-state index is 12.7. The number of fused-ring (bicyclic) bond motifs is 6. The summed E-state index contributed by atoms with van der Waals surface area (Å²) in [5, 5.41) is 0.528. The second kappa shape index (κ2) is 3.80. The van der Waals surface area contributed by atoms with Crippen molar-refractivity contribution in [3.63, 3.8) is 0 Å². The van der Waals surface area contributed by atoms with Crippen LogP contribution in [0, 0.1) is 23.7 Å². The molecule has 1 aromatic heterocycles. The molecule has 4 atom stereocenters. The second-order valence-corrected chi connectivity index (χ2v) is 6.99. The van der Waals surface area contributed by atoms with E-state index in [0.717, 1.165) is 16.6 Å². The van der Waals surface area contributed by atoms with E-state index in [1.54, 1.807) is 0 Å². The number of rotatable bonds is 1. The Balaban J connectivity index is 1.61. The van der Waals surface area contributed by atoms with E-state index in [1.165, 1.54) is 16.2 Å². The van der Waals surface area contributed by atoms with Crippen molar-refractivity contribution >= 4 is 38.5 Å². The summed E-state index contributed by atoms with van der Waals surface area (Å²) in [6.07, 6.45) is 5.18. The molecular formula is C16H12N2O2S. The zero-order valence-electron chi connectivity index (χ0n) is 11.1. The van der Waals surface area contributed by atoms with Gasteiger partial charge < -0.3 is 0 Å². The number of thiazole rings is 1. The lowest BCUT2D eigenvalue weighted by Crippen LogP contribution is -2.32. The highest BCUT2D eigenvalue weighted by Crippen LogP contribution is 2.53. The summed E-state index contributed by atoms with van der Waals surface area (Å²) in [6, 6.07) is 7.73. The van der Waals surface area contributed by atoms with Gasteiger partial charge in [0.15, 0.2) is 5.13 Å². The molecule has 2 fully saturated rings. The third-order valence-corrected chi connectivity index (χ3v) is 5.97. The van der Waals surface area contributed by atoms with Gasteiger partial charge in [-0.15, -0.1) is 0 Å². The van der Waals surface area contributed by atoms with Crippen molar-refractivity contribution in [2.45, 2.75) is 6.42 Å². The topological polar surface area (TPSA) is 50.3 Å². The molecule has 5 rings (SSSR count). The zero-order valence-corrected chi connectivity index (χ0v) is 11.9. The molecule has 0 spiro atoms. The Morgan fingerprint density at radius 3 is 2.38 bits per heavy atom. The molecule has 0 radical (unpaired) electrons. The highest BCUT2D eigenvalue weighted by Gasteiger charge is 2.60. The first-order valence-electron chi connectivity index (χ1n) is 7.16. The Labute approximate surface area is 125 Å². The second-order valence-electron chi connectivity index (χ2n) is 5.98. The molecule has 2 aliphatic carbocycles. The molecule has 2 aromatic rings. The minimum Gasteiger partial charge on any atom is -0.274 e. The minimum absolute atomic E-state index is 0.0547. The SMILES string of the molecule is O=C1[C@@H]2[C@H](C(=O)N1c1nc3ccccc3s1)[C@@H]1C=C[C@H]2C1. The first kappa shape index (κ1) is 11.6. The summed E-state index contributed by atoms with van der Waals surface area (Å²) in [4.78, 5) is 31.2. The largest absolute Gasteiger partial charge is 0.274 e. The molecule has 2 bridgehead atoms. The van der Waals surface area contributed by atoms with Gasteiger partial charge in [0, 0.05) is 0 Å². The molecule has 3 aliphatic rings. The van der Waals surface area contributed by atoms with Crippen molar-refractivity contribution in [3.05, 3.63) is 36.4 Å². The van der Waals surface area contributed by atoms with Crippen LogP contribution in [0.15, 0.2) is 36.4 Å². The molecule has 1 saturated heterocycles. The average molecular weight is 296 g/mol. The fourth-order valence-electron chi connectivity index (χ4n) is 4.05. The van der Waals surface area contributed by atoms with E-state index in [0.29, 0.717) is 5.13 Å². The van der Waals surface area contributed by atoms with Gasteiger partial charge >= 0.3 is 0 Å². The lowest BCUT2D eigenvalue weighted by atomic mass is 9.85. The molecule has 4 nitrogen and oxygen atoms in total. The summed E-state index contributed by atoms with van der Waals surface area (Å²) in [7, 11) is 0. The van der Waals surface area contributed by atoms with Crippen molar-refractivity contribution in [2.24, 2.45) is 23.7 Å². The molecule has 5 heteroatoms. The van der Waals surface area contributed by atoms with E-state index in [2.05, 4.69) is 17.1 Å². The van der Waals surface area contributed by atoms with Crippen molar-refractivity contribution < 1.29 is 9.59 Å². The van der Waals surface area contributed by atoms with Crippen LogP contribution in [0.4, 0.5) is 5.13 Å². The molecule has 104 valence electrons. The zero-order chi connectivity index (χ0) is 14.1. The Morgan fingerprint density at radius 1 is 1.05 bits per heavy atom. The first-order valence-corrected chi connectivity index (χ1v) is 7.97. The molecule has 1 aliphatic heterocycles. The van der Waals surface area contributed by atoms with Gasteiger partial charge in [-0.25, -0.2) is 9.88 Å². The van der Waals surface area contributed by atoms with Gasteiger partial charge in [0.2, 0.25) is 11.8 Å². The van der Waals surface area contributed by atoms with Crippen molar-refractivity contribution in [2.75, 3.05) is 4.90 Å². The predicted octanol–water partition coefficient (Wildman–Crippen LogP) is 2.61. The summed E-state index contributed by atoms with van der Waals surface area (Å²) >= 11 is 1.42. The van der Waals surface area contributed by atoms with E-state index in [4.69, 9.17) is 0 Å². The van der Waals surface area contributed by atoms with E-state index < -0.39 is 0 Å². The Hall–Kier alpha value is -2.01. The number of nitrogens with zero attached hydrogens (tertiary/aromatic N) is 2. The third-order valence-electron chi connectivity index (χ3n) is 4.94. The maximum absolute atomic E-state index is 12.7. The van der Waals surface area contributed by atoms with Crippen molar-refractivity contribution in [1.82, 2.24) is 4.98 Å². The summed E-state index contributed by atoms with van der Waals surface area (Å²) in [6.45, 7) is 0. The number of imide groups is 1. The minimum atomic E-state index is -0.153. The quantitative estimate of drug-likeness (QED) is 0.600. The third kappa shape index (κ3) is 1.37. The van der Waals surface area contributed by atoms with Crippen molar-refractivity contribution in [3.8, 4) is 0 Å². The number of carbonyl (C=O) groups excluding carboxylic acids is 2. The smallest absolute Gasteiger partial charge is 0.240 e. The van der Waals surface area contributed by atoms with Crippen LogP contribution in [0.25, 0.3) is 10.2 Å². The molecule has 1 aromatic carbocycles. The number of carbonyl (C=O) groups is 2. The Bertz CT molecular complexity index is 762. The van der Waals surface area contributed by atoms with E-state index in [1.807, 2.05) is 24.3 Å². The van der Waals surface area contributed by atoms with Gasteiger partial charge in [-0.3, -0.25) is 9.59 Å². The number of hydrogen-bond acceptors (Lipinski definition) is 4. The van der Waals surface area contributed by atoms with Gasteiger partial charge in [0.25, 0.3) is 0 Å². The number of hydrogen-bond donors (Lipinski definition) is 0. The highest BCUT2D eigenvalue weighted by molar-refractivity contribution is 7.22. The fourth-order valence-corrected chi connectivity index (χ4v) is 5.02. The van der Waals surface area contributed by atoms with Gasteiger partial charge in [0.05, 0.1) is 22.1 Å². The first-order chi connectivity index (χ1) is 10.2. The maximum Gasteiger partial charge on any atom is 0.240 e. The lowest BCUT2D eigenvalue weighted by Gasteiger charge is -2.14. The number of amides is 2. The van der Waals surface area contributed by atoms with Crippen LogP contribution in [0.1, 0.15) is 6.42 Å². The summed E-state index contributed by atoms with van der Waals surface area (Å²) in [5.41, 5.74) is 0.844. The number of anilines is 1. The molecule has 0 N–H and O–H groups in total. The van der Waals surface area contributed by atoms with Gasteiger partial charge in [0.1, 0.15) is 0 Å². The van der Waals surface area contributed by atoms with E-state index in [-0.39, 0.29) is 35.5 Å². The number of allylic oxidation sites excluding steroid dienone is 2. The molecule has 2 heterocycles. The molecule has 2 amide bonds. The lowest BCUT2D eigenvalue weighted by molar-refractivity contribution is -0.123. The number of benzene rings is 1. The summed E-state index contributed by atoms with van der Waals surface area (Å²) in [5.74, 6) is 0.0764. The normalized spacial score (nSPS) is 33.4. The fraction of sp³-hybridized carbons (Fsp3) is 0.312. The van der Waals surface area contributed by atoms with Crippen molar-refractivity contribution in [1.29, 1.82) is 0 Å². The number of aromatic nitrogens is 1. The van der Waals surface area contributed by atoms with Gasteiger partial charge in [-0.05, 0) is 30.4 Å². The molecule has 21 heavy (non-hydrogen) atoms. The Kier molecular flexibility index (Phi) is 2.10. The predicted molar refractivity (Wildman–Crippen MR) is 79.8 cm³/mol. The van der Waals surface area contributed by atoms with E-state index >= 15 is 0 Å². The van der Waals surface area contributed by atoms with Crippen LogP contribution in [-0.4, -0.2) is 16.8 Å². The monoisotopic (exact) mass is 296 g/mol. The summed E-state index contributed by atoms with van der Waals surface area (Å²) < 4.78 is 1.01. The molecule has 1 saturated carbocycles. The van der Waals surface area contributed by atoms with Crippen LogP contribution < -0.4 is 4.90 Å². The standard InChI is InChI=1S/C16H12N2O2S/c19-14-12-8-5-6-9(7-8)13(12)15(20)18(14)16-17-10-3-1-2-4-11(10)21-16/h1-6,8-9,12-13H,7H2/t8-,9+,12-,13+. The van der Waals surface area contributed by atoms with Crippen LogP contribution >= 0.6 is 11.3 Å². The molecule has 0 unspecified atom stereocenters. The highest BCUT2D eigenvalue weighted by atomic mass is 32.1. The number of para-hydroxylation sites is 1. The van der Waals surface area contributed by atoms with Gasteiger partial charge in [-0.1, -0.05) is 35.6 Å². The van der Waals surface area contributed by atoms with Crippen LogP contribution in [0.5, 0.6) is 0 Å². The Morgan fingerprint density at radius 2 is 1.71 bits per heavy atom. The van der Waals surface area contributed by atoms with Crippen LogP contribution in [0.2, 0.25) is 0 Å².